The lowest BCUT2D eigenvalue weighted by atomic mass is 9.92. The Balaban J connectivity index is 2.15. The number of hydrogen-bond donors (Lipinski definition) is 2. The molecule has 0 radical (unpaired) electrons. The van der Waals surface area contributed by atoms with Crippen LogP contribution in [-0.2, 0) is 6.42 Å². The van der Waals surface area contributed by atoms with Gasteiger partial charge in [-0.25, -0.2) is 4.79 Å². The molecule has 3 N–H and O–H groups in total. The van der Waals surface area contributed by atoms with Crippen LogP contribution in [0.2, 0.25) is 0 Å². The van der Waals surface area contributed by atoms with E-state index < -0.39 is 6.09 Å². The number of nitrogens with zero attached hydrogens (tertiary/aromatic N) is 1. The van der Waals surface area contributed by atoms with Gasteiger partial charge in [0.15, 0.2) is 0 Å². The summed E-state index contributed by atoms with van der Waals surface area (Å²) < 4.78 is 1.16. The van der Waals surface area contributed by atoms with E-state index in [4.69, 9.17) is 5.73 Å². The van der Waals surface area contributed by atoms with Gasteiger partial charge < -0.3 is 15.7 Å². The van der Waals surface area contributed by atoms with Gasteiger partial charge in [0.25, 0.3) is 0 Å². The maximum absolute atomic E-state index is 11.2. The van der Waals surface area contributed by atoms with Crippen molar-refractivity contribution in [3.05, 3.63) is 33.4 Å². The summed E-state index contributed by atoms with van der Waals surface area (Å²) in [6.45, 7) is 0.595. The highest BCUT2D eigenvalue weighted by molar-refractivity contribution is 14.1. The van der Waals surface area contributed by atoms with E-state index in [-0.39, 0.29) is 12.1 Å². The number of amides is 1. The Morgan fingerprint density at radius 1 is 1.56 bits per heavy atom. The summed E-state index contributed by atoms with van der Waals surface area (Å²) in [7, 11) is 0. The van der Waals surface area contributed by atoms with Crippen LogP contribution in [0.25, 0.3) is 0 Å². The maximum atomic E-state index is 11.2. The van der Waals surface area contributed by atoms with Gasteiger partial charge in [0.05, 0.1) is 6.04 Å². The van der Waals surface area contributed by atoms with E-state index in [0.29, 0.717) is 13.0 Å². The smallest absolute Gasteiger partial charge is 0.407 e. The van der Waals surface area contributed by atoms with Gasteiger partial charge in [0, 0.05) is 16.2 Å². The predicted molar refractivity (Wildman–Crippen MR) is 78.6 cm³/mol. The van der Waals surface area contributed by atoms with Crippen LogP contribution < -0.4 is 5.73 Å². The summed E-state index contributed by atoms with van der Waals surface area (Å²) in [5.41, 5.74) is 7.23. The van der Waals surface area contributed by atoms with Crippen LogP contribution in [0.4, 0.5) is 4.79 Å². The van der Waals surface area contributed by atoms with E-state index >= 15 is 0 Å². The topological polar surface area (TPSA) is 66.6 Å². The minimum Gasteiger partial charge on any atom is -0.465 e. The van der Waals surface area contributed by atoms with Crippen LogP contribution >= 0.6 is 22.6 Å². The van der Waals surface area contributed by atoms with E-state index in [1.165, 1.54) is 4.90 Å². The predicted octanol–water partition coefficient (Wildman–Crippen LogP) is 2.30. The minimum atomic E-state index is -0.860. The second-order valence-electron chi connectivity index (χ2n) is 4.68. The molecular formula is C13H17IN2O2. The second kappa shape index (κ2) is 5.88. The van der Waals surface area contributed by atoms with Crippen LogP contribution in [0.3, 0.4) is 0 Å². The van der Waals surface area contributed by atoms with Crippen LogP contribution in [0, 0.1) is 3.57 Å². The minimum absolute atomic E-state index is 0.0623. The largest absolute Gasteiger partial charge is 0.465 e. The number of nitrogens with two attached hydrogens (primary N) is 1. The van der Waals surface area contributed by atoms with Crippen molar-refractivity contribution < 1.29 is 9.90 Å². The third-order valence-electron chi connectivity index (χ3n) is 3.41. The molecule has 0 saturated carbocycles. The first-order valence-electron chi connectivity index (χ1n) is 6.07. The highest BCUT2D eigenvalue weighted by Gasteiger charge is 2.32. The van der Waals surface area contributed by atoms with Crippen molar-refractivity contribution in [3.63, 3.8) is 0 Å². The summed E-state index contributed by atoms with van der Waals surface area (Å²) in [4.78, 5) is 12.7. The summed E-state index contributed by atoms with van der Waals surface area (Å²) in [6, 6.07) is 7.98. The van der Waals surface area contributed by atoms with Gasteiger partial charge in [-0.2, -0.15) is 0 Å². The third-order valence-corrected chi connectivity index (χ3v) is 4.08. The summed E-state index contributed by atoms with van der Waals surface area (Å²) in [5, 5.41) is 9.23. The molecule has 18 heavy (non-hydrogen) atoms. The zero-order valence-corrected chi connectivity index (χ0v) is 12.2. The molecule has 0 aromatic heterocycles. The van der Waals surface area contributed by atoms with Crippen LogP contribution in [0.5, 0.6) is 0 Å². The van der Waals surface area contributed by atoms with E-state index in [9.17, 15) is 9.90 Å². The number of halogens is 1. The van der Waals surface area contributed by atoms with E-state index in [2.05, 4.69) is 28.7 Å². The van der Waals surface area contributed by atoms with Gasteiger partial charge in [0.1, 0.15) is 0 Å². The Hall–Kier alpha value is -0.820. The fraction of sp³-hybridized carbons (Fsp3) is 0.462. The Bertz CT molecular complexity index is 439. The van der Waals surface area contributed by atoms with Crippen molar-refractivity contribution in [2.75, 3.05) is 6.54 Å². The van der Waals surface area contributed by atoms with Crippen molar-refractivity contribution >= 4 is 28.7 Å². The molecule has 0 bridgehead atoms. The molecule has 1 aliphatic heterocycles. The van der Waals surface area contributed by atoms with Gasteiger partial charge >= 0.3 is 6.09 Å². The van der Waals surface area contributed by atoms with E-state index in [0.717, 1.165) is 22.0 Å². The van der Waals surface area contributed by atoms with Crippen LogP contribution in [0.1, 0.15) is 18.4 Å². The molecule has 4 nitrogen and oxygen atoms in total. The molecule has 5 heteroatoms. The van der Waals surface area contributed by atoms with Gasteiger partial charge in [-0.3, -0.25) is 0 Å². The summed E-state index contributed by atoms with van der Waals surface area (Å²) >= 11 is 2.26. The molecule has 1 aromatic rings. The lowest BCUT2D eigenvalue weighted by molar-refractivity contribution is 0.0974. The number of carbonyl (C=O) groups is 1. The molecule has 1 saturated heterocycles. The molecule has 98 valence electrons. The fourth-order valence-electron chi connectivity index (χ4n) is 2.49. The molecule has 1 fully saturated rings. The fourth-order valence-corrected chi connectivity index (χ4v) is 3.10. The molecule has 0 aliphatic carbocycles. The Labute approximate surface area is 120 Å². The van der Waals surface area contributed by atoms with Gasteiger partial charge in [-0.1, -0.05) is 12.1 Å². The highest BCUT2D eigenvalue weighted by atomic mass is 127. The average Bonchev–Trinajstić information content (AvgIpc) is 2.31. The van der Waals surface area contributed by atoms with Crippen molar-refractivity contribution in [2.45, 2.75) is 31.3 Å². The SMILES string of the molecule is NC1CCCN(C(=O)O)C1Cc1cccc(I)c1. The first kappa shape index (κ1) is 13.6. The number of rotatable bonds is 2. The van der Waals surface area contributed by atoms with E-state index in [1.807, 2.05) is 18.2 Å². The molecule has 2 atom stereocenters. The Morgan fingerprint density at radius 3 is 3.00 bits per heavy atom. The van der Waals surface area contributed by atoms with Crippen molar-refractivity contribution in [2.24, 2.45) is 5.73 Å². The first-order chi connectivity index (χ1) is 8.58. The zero-order valence-electron chi connectivity index (χ0n) is 10.1. The summed E-state index contributed by atoms with van der Waals surface area (Å²) in [6.07, 6.45) is 1.60. The first-order valence-corrected chi connectivity index (χ1v) is 7.15. The van der Waals surface area contributed by atoms with Crippen molar-refractivity contribution in [1.29, 1.82) is 0 Å². The van der Waals surface area contributed by atoms with Gasteiger partial charge in [0.2, 0.25) is 0 Å². The monoisotopic (exact) mass is 360 g/mol. The maximum Gasteiger partial charge on any atom is 0.407 e. The van der Waals surface area contributed by atoms with Crippen molar-refractivity contribution in [1.82, 2.24) is 4.90 Å². The Morgan fingerprint density at radius 2 is 2.33 bits per heavy atom. The number of likely N-dealkylation sites (tertiary alicyclic amines) is 1. The quantitative estimate of drug-likeness (QED) is 0.796. The lowest BCUT2D eigenvalue weighted by Crippen LogP contribution is -2.54. The molecule has 1 heterocycles. The molecule has 2 unspecified atom stereocenters. The zero-order chi connectivity index (χ0) is 13.1. The molecule has 1 aliphatic rings. The highest BCUT2D eigenvalue weighted by Crippen LogP contribution is 2.21. The molecule has 1 amide bonds. The number of carboxylic acid groups (broad SMARTS) is 1. The number of piperidine rings is 1. The van der Waals surface area contributed by atoms with Crippen molar-refractivity contribution in [3.8, 4) is 0 Å². The number of hydrogen-bond acceptors (Lipinski definition) is 2. The van der Waals surface area contributed by atoms with Crippen LogP contribution in [0.15, 0.2) is 24.3 Å². The standard InChI is InChI=1S/C13H17IN2O2/c14-10-4-1-3-9(7-10)8-12-11(15)5-2-6-16(12)13(17)18/h1,3-4,7,11-12H,2,5-6,8,15H2,(H,17,18). The third kappa shape index (κ3) is 3.14. The second-order valence-corrected chi connectivity index (χ2v) is 5.93. The molecule has 2 rings (SSSR count). The normalized spacial score (nSPS) is 24.0. The van der Waals surface area contributed by atoms with E-state index in [1.54, 1.807) is 0 Å². The number of benzene rings is 1. The van der Waals surface area contributed by atoms with Gasteiger partial charge in [-0.05, 0) is 59.5 Å². The lowest BCUT2D eigenvalue weighted by Gasteiger charge is -2.38. The molecule has 0 spiro atoms. The Kier molecular flexibility index (Phi) is 4.45. The average molecular weight is 360 g/mol. The van der Waals surface area contributed by atoms with Crippen LogP contribution in [-0.4, -0.2) is 34.7 Å². The van der Waals surface area contributed by atoms with Gasteiger partial charge in [-0.15, -0.1) is 0 Å². The molecular weight excluding hydrogens is 343 g/mol. The molecule has 1 aromatic carbocycles. The summed E-state index contributed by atoms with van der Waals surface area (Å²) in [5.74, 6) is 0.